The van der Waals surface area contributed by atoms with Gasteiger partial charge in [-0.2, -0.15) is 10.4 Å². The molecule has 0 unspecified atom stereocenters. The highest BCUT2D eigenvalue weighted by Gasteiger charge is 1.98. The molecule has 0 saturated carbocycles. The molecule has 0 bridgehead atoms. The fraction of sp³-hybridized carbons (Fsp3) is 0.214. The lowest BCUT2D eigenvalue weighted by Crippen LogP contribution is -2.12. The van der Waals surface area contributed by atoms with Crippen LogP contribution in [0.2, 0.25) is 0 Å². The maximum Gasteiger partial charge on any atom is 0.205 e. The monoisotopic (exact) mass is 270 g/mol. The number of hydrogen-bond acceptors (Lipinski definition) is 4. The summed E-state index contributed by atoms with van der Waals surface area (Å²) in [6.07, 6.45) is 1.77. The molecular formula is C14H14N4S. The van der Waals surface area contributed by atoms with Crippen molar-refractivity contribution in [3.63, 3.8) is 0 Å². The Labute approximate surface area is 116 Å². The number of hydrogen-bond donors (Lipinski definition) is 0. The Kier molecular flexibility index (Phi) is 4.26. The second-order valence-electron chi connectivity index (χ2n) is 3.92. The maximum absolute atomic E-state index is 8.74. The van der Waals surface area contributed by atoms with Crippen LogP contribution >= 0.6 is 11.3 Å². The van der Waals surface area contributed by atoms with Gasteiger partial charge >= 0.3 is 0 Å². The van der Waals surface area contributed by atoms with Gasteiger partial charge in [-0.15, -0.1) is 11.3 Å². The Balaban J connectivity index is 2.30. The molecule has 0 radical (unpaired) electrons. The van der Waals surface area contributed by atoms with Gasteiger partial charge < -0.3 is 0 Å². The molecule has 0 saturated heterocycles. The summed E-state index contributed by atoms with van der Waals surface area (Å²) in [6.45, 7) is 4.75. The van der Waals surface area contributed by atoms with Crippen LogP contribution in [0.5, 0.6) is 0 Å². The molecule has 0 N–H and O–H groups in total. The number of rotatable bonds is 3. The SMILES string of the molecule is CCN=c1scc(C)n1N=Cc1ccc(C#N)cc1. The molecule has 0 aliphatic carbocycles. The van der Waals surface area contributed by atoms with Crippen LogP contribution < -0.4 is 4.80 Å². The van der Waals surface area contributed by atoms with Crippen LogP contribution in [-0.2, 0) is 0 Å². The van der Waals surface area contributed by atoms with Crippen molar-refractivity contribution >= 4 is 17.6 Å². The summed E-state index contributed by atoms with van der Waals surface area (Å²) < 4.78 is 1.83. The lowest BCUT2D eigenvalue weighted by molar-refractivity contribution is 0.794. The molecule has 0 aliphatic heterocycles. The molecule has 1 heterocycles. The highest BCUT2D eigenvalue weighted by atomic mass is 32.1. The average Bonchev–Trinajstić information content (AvgIpc) is 2.78. The summed E-state index contributed by atoms with van der Waals surface area (Å²) in [5.41, 5.74) is 2.67. The molecule has 4 nitrogen and oxygen atoms in total. The Morgan fingerprint density at radius 3 is 2.74 bits per heavy atom. The molecule has 1 aromatic carbocycles. The largest absolute Gasteiger partial charge is 0.258 e. The second-order valence-corrected chi connectivity index (χ2v) is 4.76. The molecule has 0 spiro atoms. The highest BCUT2D eigenvalue weighted by Crippen LogP contribution is 2.03. The van der Waals surface area contributed by atoms with Gasteiger partial charge in [0, 0.05) is 11.9 Å². The van der Waals surface area contributed by atoms with Gasteiger partial charge in [-0.3, -0.25) is 4.99 Å². The summed E-state index contributed by atoms with van der Waals surface area (Å²) in [4.78, 5) is 5.29. The first-order valence-electron chi connectivity index (χ1n) is 5.96. The van der Waals surface area contributed by atoms with Crippen molar-refractivity contribution in [3.05, 3.63) is 51.3 Å². The van der Waals surface area contributed by atoms with Crippen molar-refractivity contribution in [2.24, 2.45) is 10.1 Å². The fourth-order valence-electron chi connectivity index (χ4n) is 1.54. The number of aryl methyl sites for hydroxylation is 1. The first-order valence-corrected chi connectivity index (χ1v) is 6.84. The smallest absolute Gasteiger partial charge is 0.205 e. The minimum atomic E-state index is 0.651. The minimum Gasteiger partial charge on any atom is -0.258 e. The van der Waals surface area contributed by atoms with Crippen LogP contribution in [0.25, 0.3) is 0 Å². The quantitative estimate of drug-likeness (QED) is 0.791. The molecule has 0 fully saturated rings. The Bertz CT molecular complexity index is 683. The van der Waals surface area contributed by atoms with Crippen molar-refractivity contribution in [3.8, 4) is 6.07 Å². The molecule has 19 heavy (non-hydrogen) atoms. The molecule has 5 heteroatoms. The van der Waals surface area contributed by atoms with E-state index in [2.05, 4.69) is 16.2 Å². The van der Waals surface area contributed by atoms with Crippen LogP contribution in [-0.4, -0.2) is 17.4 Å². The Morgan fingerprint density at radius 1 is 1.37 bits per heavy atom. The first-order chi connectivity index (χ1) is 9.24. The van der Waals surface area contributed by atoms with E-state index < -0.39 is 0 Å². The normalized spacial score (nSPS) is 11.9. The maximum atomic E-state index is 8.74. The molecule has 0 amide bonds. The van der Waals surface area contributed by atoms with E-state index >= 15 is 0 Å². The lowest BCUT2D eigenvalue weighted by atomic mass is 10.2. The van der Waals surface area contributed by atoms with Crippen LogP contribution in [0.3, 0.4) is 0 Å². The van der Waals surface area contributed by atoms with Gasteiger partial charge in [0.25, 0.3) is 0 Å². The summed E-state index contributed by atoms with van der Waals surface area (Å²) in [5.74, 6) is 0. The third-order valence-corrected chi connectivity index (χ3v) is 3.48. The predicted molar refractivity (Wildman–Crippen MR) is 77.3 cm³/mol. The topological polar surface area (TPSA) is 53.4 Å². The van der Waals surface area contributed by atoms with E-state index in [-0.39, 0.29) is 0 Å². The average molecular weight is 270 g/mol. The summed E-state index contributed by atoms with van der Waals surface area (Å²) >= 11 is 1.58. The highest BCUT2D eigenvalue weighted by molar-refractivity contribution is 7.07. The molecule has 0 atom stereocenters. The van der Waals surface area contributed by atoms with Gasteiger partial charge in [0.05, 0.1) is 23.5 Å². The van der Waals surface area contributed by atoms with Crippen LogP contribution in [0, 0.1) is 18.3 Å². The van der Waals surface area contributed by atoms with Gasteiger partial charge in [0.15, 0.2) is 0 Å². The minimum absolute atomic E-state index is 0.651. The van der Waals surface area contributed by atoms with Gasteiger partial charge in [-0.25, -0.2) is 4.68 Å². The van der Waals surface area contributed by atoms with Crippen LogP contribution in [0.4, 0.5) is 0 Å². The number of nitriles is 1. The van der Waals surface area contributed by atoms with Crippen molar-refractivity contribution in [2.75, 3.05) is 6.54 Å². The zero-order valence-electron chi connectivity index (χ0n) is 10.9. The Hall–Kier alpha value is -2.19. The third-order valence-electron chi connectivity index (χ3n) is 2.51. The molecule has 96 valence electrons. The van der Waals surface area contributed by atoms with E-state index in [0.717, 1.165) is 22.6 Å². The second kappa shape index (κ2) is 6.12. The fourth-order valence-corrected chi connectivity index (χ4v) is 2.41. The van der Waals surface area contributed by atoms with Gasteiger partial charge in [-0.1, -0.05) is 12.1 Å². The molecule has 1 aromatic heterocycles. The number of aromatic nitrogens is 1. The van der Waals surface area contributed by atoms with E-state index in [9.17, 15) is 0 Å². The molecule has 2 aromatic rings. The van der Waals surface area contributed by atoms with Crippen LogP contribution in [0.15, 0.2) is 39.7 Å². The zero-order valence-corrected chi connectivity index (χ0v) is 11.7. The summed E-state index contributed by atoms with van der Waals surface area (Å²) in [6, 6.07) is 9.41. The Morgan fingerprint density at radius 2 is 2.11 bits per heavy atom. The zero-order chi connectivity index (χ0) is 13.7. The van der Waals surface area contributed by atoms with Gasteiger partial charge in [0.1, 0.15) is 0 Å². The number of thiazole rings is 1. The van der Waals surface area contributed by atoms with E-state index in [1.54, 1.807) is 29.7 Å². The van der Waals surface area contributed by atoms with Gasteiger partial charge in [0.2, 0.25) is 4.80 Å². The first kappa shape index (κ1) is 13.2. The molecule has 0 aliphatic rings. The van der Waals surface area contributed by atoms with Crippen molar-refractivity contribution in [1.29, 1.82) is 5.26 Å². The third kappa shape index (κ3) is 3.18. The van der Waals surface area contributed by atoms with Crippen molar-refractivity contribution < 1.29 is 0 Å². The van der Waals surface area contributed by atoms with Gasteiger partial charge in [-0.05, 0) is 31.5 Å². The molecular weight excluding hydrogens is 256 g/mol. The molecule has 2 rings (SSSR count). The number of nitrogens with zero attached hydrogens (tertiary/aromatic N) is 4. The number of benzene rings is 1. The predicted octanol–water partition coefficient (Wildman–Crippen LogP) is 2.53. The van der Waals surface area contributed by atoms with E-state index in [1.165, 1.54) is 0 Å². The van der Waals surface area contributed by atoms with E-state index in [4.69, 9.17) is 5.26 Å². The van der Waals surface area contributed by atoms with Crippen molar-refractivity contribution in [1.82, 2.24) is 4.68 Å². The summed E-state index contributed by atoms with van der Waals surface area (Å²) in [7, 11) is 0. The van der Waals surface area contributed by atoms with E-state index in [0.29, 0.717) is 5.56 Å². The standard InChI is InChI=1S/C14H14N4S/c1-3-16-14-18(11(2)10-19-14)17-9-13-6-4-12(8-15)5-7-13/h4-7,9-10H,3H2,1-2H3. The van der Waals surface area contributed by atoms with Crippen LogP contribution in [0.1, 0.15) is 23.7 Å². The van der Waals surface area contributed by atoms with E-state index in [1.807, 2.05) is 36.0 Å². The summed E-state index contributed by atoms with van der Waals surface area (Å²) in [5, 5.41) is 15.2. The lowest BCUT2D eigenvalue weighted by Gasteiger charge is -1.97. The van der Waals surface area contributed by atoms with Crippen molar-refractivity contribution in [2.45, 2.75) is 13.8 Å².